The van der Waals surface area contributed by atoms with Gasteiger partial charge >= 0.3 is 5.69 Å². The summed E-state index contributed by atoms with van der Waals surface area (Å²) in [4.78, 5) is 31.4. The summed E-state index contributed by atoms with van der Waals surface area (Å²) >= 11 is 0. The van der Waals surface area contributed by atoms with Gasteiger partial charge in [-0.15, -0.1) is 0 Å². The van der Waals surface area contributed by atoms with Gasteiger partial charge in [0.2, 0.25) is 11.8 Å². The molecule has 11 nitrogen and oxygen atoms in total. The molecule has 6 N–H and O–H groups in total. The van der Waals surface area contributed by atoms with E-state index in [4.69, 9.17) is 10.8 Å². The second kappa shape index (κ2) is 12.1. The van der Waals surface area contributed by atoms with Gasteiger partial charge < -0.3 is 26.8 Å². The van der Waals surface area contributed by atoms with E-state index in [2.05, 4.69) is 25.9 Å². The third-order valence-corrected chi connectivity index (χ3v) is 5.86. The van der Waals surface area contributed by atoms with E-state index in [0.717, 1.165) is 31.2 Å². The number of anilines is 2. The molecule has 178 valence electrons. The summed E-state index contributed by atoms with van der Waals surface area (Å²) in [5.41, 5.74) is 6.88. The van der Waals surface area contributed by atoms with E-state index in [1.807, 2.05) is 6.07 Å². The normalized spacial score (nSPS) is 17.9. The third-order valence-electron chi connectivity index (χ3n) is 5.86. The number of carbonyl (C=O) groups excluding carboxylic acids is 1. The standard InChI is InChI=1S/C22H31N7O4/c23-11-15-4-6-16(7-5-15)12-25-20-19(29(32)33)14-27-22(28-20)26-13-17-2-1-3-18(10-17)21(31)24-8-9-30/h1-3,10,14-16,30H,4-9,11-13,23H2,(H,24,31)(H2,25,26,27,28). The lowest BCUT2D eigenvalue weighted by molar-refractivity contribution is -0.384. The van der Waals surface area contributed by atoms with E-state index >= 15 is 0 Å². The van der Waals surface area contributed by atoms with Crippen molar-refractivity contribution < 1.29 is 14.8 Å². The van der Waals surface area contributed by atoms with Crippen molar-refractivity contribution in [1.82, 2.24) is 15.3 Å². The van der Waals surface area contributed by atoms with Gasteiger partial charge in [0.25, 0.3) is 5.91 Å². The number of aromatic nitrogens is 2. The van der Waals surface area contributed by atoms with Crippen LogP contribution in [0, 0.1) is 22.0 Å². The second-order valence-electron chi connectivity index (χ2n) is 8.22. The lowest BCUT2D eigenvalue weighted by Crippen LogP contribution is -2.26. The molecule has 1 saturated carbocycles. The Morgan fingerprint density at radius 3 is 2.67 bits per heavy atom. The van der Waals surface area contributed by atoms with Gasteiger partial charge in [-0.3, -0.25) is 14.9 Å². The molecule has 1 fully saturated rings. The third kappa shape index (κ3) is 7.09. The molecule has 0 atom stereocenters. The van der Waals surface area contributed by atoms with E-state index in [-0.39, 0.29) is 36.5 Å². The largest absolute Gasteiger partial charge is 0.395 e. The van der Waals surface area contributed by atoms with Crippen molar-refractivity contribution in [2.45, 2.75) is 32.2 Å². The van der Waals surface area contributed by atoms with Gasteiger partial charge in [-0.05, 0) is 61.8 Å². The van der Waals surface area contributed by atoms with Crippen LogP contribution >= 0.6 is 0 Å². The first-order valence-electron chi connectivity index (χ1n) is 11.2. The molecule has 0 spiro atoms. The zero-order valence-electron chi connectivity index (χ0n) is 18.5. The Morgan fingerprint density at radius 1 is 1.21 bits per heavy atom. The summed E-state index contributed by atoms with van der Waals surface area (Å²) in [6.45, 7) is 1.71. The van der Waals surface area contributed by atoms with Crippen LogP contribution in [-0.2, 0) is 6.54 Å². The maximum atomic E-state index is 12.1. The minimum atomic E-state index is -0.494. The molecule has 1 heterocycles. The number of hydrogen-bond donors (Lipinski definition) is 5. The maximum absolute atomic E-state index is 12.1. The molecular formula is C22H31N7O4. The minimum Gasteiger partial charge on any atom is -0.395 e. The quantitative estimate of drug-likeness (QED) is 0.250. The van der Waals surface area contributed by atoms with Crippen LogP contribution in [-0.4, -0.2) is 52.1 Å². The first-order valence-corrected chi connectivity index (χ1v) is 11.2. The average molecular weight is 458 g/mol. The van der Waals surface area contributed by atoms with Crippen molar-refractivity contribution in [2.75, 3.05) is 36.9 Å². The van der Waals surface area contributed by atoms with Crippen LogP contribution in [0.4, 0.5) is 17.5 Å². The molecule has 3 rings (SSSR count). The summed E-state index contributed by atoms with van der Waals surface area (Å²) in [5.74, 6) is 1.17. The van der Waals surface area contributed by atoms with Crippen molar-refractivity contribution in [3.05, 3.63) is 51.7 Å². The number of carbonyl (C=O) groups is 1. The first-order chi connectivity index (χ1) is 16.0. The van der Waals surface area contributed by atoms with E-state index < -0.39 is 4.92 Å². The van der Waals surface area contributed by atoms with Gasteiger partial charge in [-0.2, -0.15) is 4.98 Å². The number of amides is 1. The predicted octanol–water partition coefficient (Wildman–Crippen LogP) is 1.90. The summed E-state index contributed by atoms with van der Waals surface area (Å²) in [5, 5.41) is 29.1. The monoisotopic (exact) mass is 457 g/mol. The van der Waals surface area contributed by atoms with Crippen molar-refractivity contribution in [1.29, 1.82) is 0 Å². The number of hydrogen-bond acceptors (Lipinski definition) is 9. The van der Waals surface area contributed by atoms with Gasteiger partial charge in [-0.25, -0.2) is 4.98 Å². The summed E-state index contributed by atoms with van der Waals surface area (Å²) < 4.78 is 0. The summed E-state index contributed by atoms with van der Waals surface area (Å²) in [7, 11) is 0. The highest BCUT2D eigenvalue weighted by Crippen LogP contribution is 2.29. The van der Waals surface area contributed by atoms with Crippen molar-refractivity contribution in [2.24, 2.45) is 17.6 Å². The number of benzene rings is 1. The molecule has 1 aromatic carbocycles. The van der Waals surface area contributed by atoms with Crippen molar-refractivity contribution in [3.63, 3.8) is 0 Å². The molecule has 0 bridgehead atoms. The molecule has 33 heavy (non-hydrogen) atoms. The number of nitrogens with one attached hydrogen (secondary N) is 3. The van der Waals surface area contributed by atoms with E-state index in [9.17, 15) is 14.9 Å². The lowest BCUT2D eigenvalue weighted by atomic mass is 9.82. The Labute approximate surface area is 192 Å². The first kappa shape index (κ1) is 24.3. The van der Waals surface area contributed by atoms with E-state index in [1.165, 1.54) is 6.20 Å². The second-order valence-corrected chi connectivity index (χ2v) is 8.22. The molecule has 0 radical (unpaired) electrons. The fraction of sp³-hybridized carbons (Fsp3) is 0.500. The highest BCUT2D eigenvalue weighted by molar-refractivity contribution is 5.94. The van der Waals surface area contributed by atoms with Gasteiger partial charge in [-0.1, -0.05) is 12.1 Å². The van der Waals surface area contributed by atoms with Gasteiger partial charge in [0.05, 0.1) is 11.5 Å². The zero-order chi connectivity index (χ0) is 23.6. The highest BCUT2D eigenvalue weighted by Gasteiger charge is 2.22. The molecule has 0 aliphatic heterocycles. The van der Waals surface area contributed by atoms with Crippen LogP contribution in [0.1, 0.15) is 41.6 Å². The summed E-state index contributed by atoms with van der Waals surface area (Å²) in [6.07, 6.45) is 5.45. The smallest absolute Gasteiger partial charge is 0.329 e. The minimum absolute atomic E-state index is 0.129. The maximum Gasteiger partial charge on any atom is 0.329 e. The Balaban J connectivity index is 1.62. The number of nitrogens with zero attached hydrogens (tertiary/aromatic N) is 3. The van der Waals surface area contributed by atoms with Crippen LogP contribution in [0.3, 0.4) is 0 Å². The SMILES string of the molecule is NCC1CCC(CNc2nc(NCc3cccc(C(=O)NCCO)c3)ncc2[N+](=O)[O-])CC1. The lowest BCUT2D eigenvalue weighted by Gasteiger charge is -2.27. The fourth-order valence-corrected chi connectivity index (χ4v) is 3.91. The predicted molar refractivity (Wildman–Crippen MR) is 125 cm³/mol. The van der Waals surface area contributed by atoms with Gasteiger partial charge in [0.15, 0.2) is 0 Å². The Morgan fingerprint density at radius 2 is 1.97 bits per heavy atom. The van der Waals surface area contributed by atoms with Crippen molar-refractivity contribution in [3.8, 4) is 0 Å². The van der Waals surface area contributed by atoms with Crippen LogP contribution in [0.15, 0.2) is 30.5 Å². The van der Waals surface area contributed by atoms with E-state index in [0.29, 0.717) is 37.0 Å². The molecule has 0 unspecified atom stereocenters. The molecular weight excluding hydrogens is 426 g/mol. The zero-order valence-corrected chi connectivity index (χ0v) is 18.5. The van der Waals surface area contributed by atoms with Crippen LogP contribution < -0.4 is 21.7 Å². The molecule has 1 amide bonds. The van der Waals surface area contributed by atoms with Gasteiger partial charge in [0, 0.05) is 25.2 Å². The number of nitro groups is 1. The Kier molecular flexibility index (Phi) is 8.90. The summed E-state index contributed by atoms with van der Waals surface area (Å²) in [6, 6.07) is 7.01. The number of rotatable bonds is 11. The average Bonchev–Trinajstić information content (AvgIpc) is 2.85. The van der Waals surface area contributed by atoms with Crippen LogP contribution in [0.25, 0.3) is 0 Å². The Bertz CT molecular complexity index is 948. The number of aliphatic hydroxyl groups is 1. The topological polar surface area (TPSA) is 168 Å². The van der Waals surface area contributed by atoms with Crippen LogP contribution in [0.5, 0.6) is 0 Å². The Hall–Kier alpha value is -3.31. The van der Waals surface area contributed by atoms with Crippen LogP contribution in [0.2, 0.25) is 0 Å². The number of aliphatic hydroxyl groups excluding tert-OH is 1. The highest BCUT2D eigenvalue weighted by atomic mass is 16.6. The molecule has 11 heteroatoms. The molecule has 1 aliphatic rings. The van der Waals surface area contributed by atoms with Crippen molar-refractivity contribution >= 4 is 23.4 Å². The molecule has 1 aliphatic carbocycles. The van der Waals surface area contributed by atoms with E-state index in [1.54, 1.807) is 18.2 Å². The molecule has 0 saturated heterocycles. The molecule has 1 aromatic heterocycles. The number of nitrogens with two attached hydrogens (primary N) is 1. The fourth-order valence-electron chi connectivity index (χ4n) is 3.91. The van der Waals surface area contributed by atoms with Gasteiger partial charge in [0.1, 0.15) is 6.20 Å². The molecule has 2 aromatic rings.